The molecule has 4 rings (SSSR count). The first-order valence-corrected chi connectivity index (χ1v) is 11.4. The van der Waals surface area contributed by atoms with Crippen LogP contribution in [0, 0.1) is 6.92 Å². The number of anilines is 1. The van der Waals surface area contributed by atoms with E-state index in [1.165, 1.54) is 0 Å². The lowest BCUT2D eigenvalue weighted by Crippen LogP contribution is -2.48. The number of carbonyl (C=O) groups excluding carboxylic acids is 2. The van der Waals surface area contributed by atoms with Crippen molar-refractivity contribution in [3.8, 4) is 0 Å². The number of hydrogen-bond donors (Lipinski definition) is 1. The summed E-state index contributed by atoms with van der Waals surface area (Å²) in [5.74, 6) is 0.718. The van der Waals surface area contributed by atoms with Gasteiger partial charge in [0.2, 0.25) is 5.91 Å². The van der Waals surface area contributed by atoms with Crippen molar-refractivity contribution in [2.24, 2.45) is 0 Å². The van der Waals surface area contributed by atoms with E-state index in [-0.39, 0.29) is 29.4 Å². The van der Waals surface area contributed by atoms with Gasteiger partial charge in [-0.05, 0) is 53.4 Å². The van der Waals surface area contributed by atoms with Crippen molar-refractivity contribution in [3.63, 3.8) is 0 Å². The van der Waals surface area contributed by atoms with Crippen molar-refractivity contribution < 1.29 is 9.59 Å². The van der Waals surface area contributed by atoms with E-state index in [1.54, 1.807) is 18.6 Å². The van der Waals surface area contributed by atoms with Crippen LogP contribution in [0.15, 0.2) is 24.8 Å². The summed E-state index contributed by atoms with van der Waals surface area (Å²) in [6, 6.07) is -0.250. The number of aromatic nitrogens is 4. The second kappa shape index (κ2) is 8.88. The topological polar surface area (TPSA) is 96.2 Å². The molecule has 2 atom stereocenters. The fraction of sp³-hybridized carbons (Fsp3) is 0.609. The van der Waals surface area contributed by atoms with Gasteiger partial charge in [0.25, 0.3) is 5.91 Å². The highest BCUT2D eigenvalue weighted by atomic mass is 16.2. The van der Waals surface area contributed by atoms with E-state index in [0.717, 1.165) is 43.7 Å². The largest absolute Gasteiger partial charge is 0.352 e. The molecule has 2 aromatic rings. The number of likely N-dealkylation sites (tertiary alicyclic amines) is 1. The molecule has 9 heteroatoms. The zero-order valence-corrected chi connectivity index (χ0v) is 19.4. The van der Waals surface area contributed by atoms with Crippen LogP contribution in [0.1, 0.15) is 62.5 Å². The Morgan fingerprint density at radius 1 is 1.16 bits per heavy atom. The van der Waals surface area contributed by atoms with Crippen LogP contribution in [0.4, 0.5) is 5.82 Å². The van der Waals surface area contributed by atoms with Crippen LogP contribution < -0.4 is 10.2 Å². The molecular formula is C23H33N7O2. The molecule has 2 saturated heterocycles. The zero-order chi connectivity index (χ0) is 22.9. The molecule has 9 nitrogen and oxygen atoms in total. The van der Waals surface area contributed by atoms with Crippen LogP contribution in [0.2, 0.25) is 0 Å². The first-order chi connectivity index (χ1) is 15.3. The normalized spacial score (nSPS) is 21.2. The van der Waals surface area contributed by atoms with Crippen LogP contribution >= 0.6 is 0 Å². The Morgan fingerprint density at radius 2 is 1.94 bits per heavy atom. The fourth-order valence-electron chi connectivity index (χ4n) is 4.57. The Morgan fingerprint density at radius 3 is 2.62 bits per heavy atom. The third-order valence-electron chi connectivity index (χ3n) is 6.37. The molecule has 0 spiro atoms. The van der Waals surface area contributed by atoms with Crippen LogP contribution in [0.5, 0.6) is 0 Å². The predicted octanol–water partition coefficient (Wildman–Crippen LogP) is 2.13. The summed E-state index contributed by atoms with van der Waals surface area (Å²) in [6.45, 7) is 10.0. The third kappa shape index (κ3) is 4.47. The Balaban J connectivity index is 1.40. The van der Waals surface area contributed by atoms with Crippen LogP contribution in [0.25, 0.3) is 0 Å². The maximum atomic E-state index is 13.3. The number of carbonyl (C=O) groups is 2. The number of amides is 2. The minimum absolute atomic E-state index is 0.00296. The lowest BCUT2D eigenvalue weighted by molar-refractivity contribution is -0.122. The Hall–Kier alpha value is -2.97. The van der Waals surface area contributed by atoms with E-state index in [4.69, 9.17) is 0 Å². The van der Waals surface area contributed by atoms with Crippen molar-refractivity contribution in [1.29, 1.82) is 0 Å². The molecule has 2 amide bonds. The second-order valence-electron chi connectivity index (χ2n) is 9.70. The summed E-state index contributed by atoms with van der Waals surface area (Å²) >= 11 is 0. The molecule has 0 aliphatic carbocycles. The van der Waals surface area contributed by atoms with Crippen molar-refractivity contribution in [2.75, 3.05) is 24.5 Å². The van der Waals surface area contributed by atoms with Gasteiger partial charge in [-0.15, -0.1) is 0 Å². The predicted molar refractivity (Wildman–Crippen MR) is 121 cm³/mol. The van der Waals surface area contributed by atoms with Gasteiger partial charge >= 0.3 is 0 Å². The summed E-state index contributed by atoms with van der Waals surface area (Å²) < 4.78 is 1.85. The monoisotopic (exact) mass is 439 g/mol. The minimum atomic E-state index is -0.246. The number of hydrogen-bond acceptors (Lipinski definition) is 6. The lowest BCUT2D eigenvalue weighted by Gasteiger charge is -2.27. The fourth-order valence-corrected chi connectivity index (χ4v) is 4.57. The number of nitrogens with zero attached hydrogens (tertiary/aromatic N) is 6. The summed E-state index contributed by atoms with van der Waals surface area (Å²) in [5, 5.41) is 7.65. The van der Waals surface area contributed by atoms with E-state index >= 15 is 0 Å². The lowest BCUT2D eigenvalue weighted by atomic mass is 10.1. The smallest absolute Gasteiger partial charge is 0.257 e. The van der Waals surface area contributed by atoms with Gasteiger partial charge in [-0.3, -0.25) is 19.3 Å². The van der Waals surface area contributed by atoms with Crippen LogP contribution in [-0.4, -0.2) is 68.2 Å². The second-order valence-corrected chi connectivity index (χ2v) is 9.70. The maximum absolute atomic E-state index is 13.3. The van der Waals surface area contributed by atoms with Gasteiger partial charge < -0.3 is 15.1 Å². The highest BCUT2D eigenvalue weighted by Crippen LogP contribution is 2.25. The molecule has 1 N–H and O–H groups in total. The average molecular weight is 440 g/mol. The summed E-state index contributed by atoms with van der Waals surface area (Å²) in [5.41, 5.74) is 1.20. The van der Waals surface area contributed by atoms with Gasteiger partial charge in [-0.2, -0.15) is 5.10 Å². The summed E-state index contributed by atoms with van der Waals surface area (Å²) in [7, 11) is 0. The quantitative estimate of drug-likeness (QED) is 0.767. The van der Waals surface area contributed by atoms with Gasteiger partial charge in [-0.1, -0.05) is 0 Å². The summed E-state index contributed by atoms with van der Waals surface area (Å²) in [6.07, 6.45) is 10.4. The van der Waals surface area contributed by atoms with E-state index in [9.17, 15) is 9.59 Å². The Bertz CT molecular complexity index is 966. The van der Waals surface area contributed by atoms with E-state index < -0.39 is 0 Å². The number of nitrogens with one attached hydrogen (secondary N) is 1. The molecule has 2 aliphatic rings. The summed E-state index contributed by atoms with van der Waals surface area (Å²) in [4.78, 5) is 38.7. The molecule has 2 aliphatic heterocycles. The molecule has 2 aromatic heterocycles. The molecule has 0 saturated carbocycles. The SMILES string of the molecule is Cc1nn(C(C)(C)C)cc1C(=O)N1CCCC1CNC(=O)C1CCCN1c1cnccn1. The molecule has 2 unspecified atom stereocenters. The third-order valence-corrected chi connectivity index (χ3v) is 6.37. The molecule has 172 valence electrons. The molecule has 32 heavy (non-hydrogen) atoms. The van der Waals surface area contributed by atoms with E-state index in [1.807, 2.05) is 27.6 Å². The van der Waals surface area contributed by atoms with Crippen molar-refractivity contribution >= 4 is 17.6 Å². The molecular weight excluding hydrogens is 406 g/mol. The van der Waals surface area contributed by atoms with Crippen molar-refractivity contribution in [3.05, 3.63) is 36.0 Å². The minimum Gasteiger partial charge on any atom is -0.352 e. The van der Waals surface area contributed by atoms with Gasteiger partial charge in [0, 0.05) is 44.3 Å². The maximum Gasteiger partial charge on any atom is 0.257 e. The van der Waals surface area contributed by atoms with Crippen LogP contribution in [-0.2, 0) is 10.3 Å². The van der Waals surface area contributed by atoms with E-state index in [2.05, 4.69) is 41.2 Å². The molecule has 0 bridgehead atoms. The standard InChI is InChI=1S/C23H33N7O2/c1-16-18(15-30(27-16)23(2,3)4)22(32)28-11-5-7-17(28)13-26-21(31)19-8-6-12-29(19)20-14-24-9-10-25-20/h9-10,14-15,17,19H,5-8,11-13H2,1-4H3,(H,26,31). The van der Waals surface area contributed by atoms with Gasteiger partial charge in [0.15, 0.2) is 0 Å². The molecule has 0 aromatic carbocycles. The van der Waals surface area contributed by atoms with E-state index in [0.29, 0.717) is 18.7 Å². The zero-order valence-electron chi connectivity index (χ0n) is 19.4. The number of rotatable bonds is 5. The first kappa shape index (κ1) is 22.2. The highest BCUT2D eigenvalue weighted by molar-refractivity contribution is 5.95. The van der Waals surface area contributed by atoms with Crippen molar-refractivity contribution in [2.45, 2.75) is 71.0 Å². The van der Waals surface area contributed by atoms with Gasteiger partial charge in [0.05, 0.1) is 23.0 Å². The molecule has 2 fully saturated rings. The molecule has 4 heterocycles. The van der Waals surface area contributed by atoms with Gasteiger partial charge in [0.1, 0.15) is 11.9 Å². The van der Waals surface area contributed by atoms with Gasteiger partial charge in [-0.25, -0.2) is 4.98 Å². The Kier molecular flexibility index (Phi) is 6.17. The average Bonchev–Trinajstić information content (AvgIpc) is 3.51. The first-order valence-electron chi connectivity index (χ1n) is 11.4. The van der Waals surface area contributed by atoms with Crippen LogP contribution in [0.3, 0.4) is 0 Å². The Labute approximate surface area is 189 Å². The van der Waals surface area contributed by atoms with Crippen molar-refractivity contribution in [1.82, 2.24) is 30.0 Å². The molecule has 0 radical (unpaired) electrons. The highest BCUT2D eigenvalue weighted by Gasteiger charge is 2.35. The number of aryl methyl sites for hydroxylation is 1.